The highest BCUT2D eigenvalue weighted by atomic mass is 16.5. The third-order valence-electron chi connectivity index (χ3n) is 3.75. The fraction of sp³-hybridized carbons (Fsp3) is 0.263. The van der Waals surface area contributed by atoms with E-state index < -0.39 is 0 Å². The Morgan fingerprint density at radius 3 is 2.38 bits per heavy atom. The number of rotatable bonds is 6. The fourth-order valence-corrected chi connectivity index (χ4v) is 2.25. The van der Waals surface area contributed by atoms with Gasteiger partial charge < -0.3 is 9.47 Å². The molecule has 0 fully saturated rings. The zero-order chi connectivity index (χ0) is 17.5. The van der Waals surface area contributed by atoms with Crippen LogP contribution >= 0.6 is 0 Å². The van der Waals surface area contributed by atoms with Crippen LogP contribution in [0, 0.1) is 0 Å². The first-order valence-electron chi connectivity index (χ1n) is 7.75. The minimum Gasteiger partial charge on any atom is -0.497 e. The molecule has 0 aromatic heterocycles. The zero-order valence-electron chi connectivity index (χ0n) is 14.4. The summed E-state index contributed by atoms with van der Waals surface area (Å²) in [6.07, 6.45) is 0.941. The number of nitrogens with zero attached hydrogens (tertiary/aromatic N) is 1. The number of hydrogen-bond acceptors (Lipinski definition) is 4. The summed E-state index contributed by atoms with van der Waals surface area (Å²) in [7, 11) is 3.18. The zero-order valence-corrected chi connectivity index (χ0v) is 14.4. The summed E-state index contributed by atoms with van der Waals surface area (Å²) >= 11 is 0. The maximum atomic E-state index is 12.2. The summed E-state index contributed by atoms with van der Waals surface area (Å²) in [6, 6.07) is 12.9. The highest BCUT2D eigenvalue weighted by Crippen LogP contribution is 2.25. The van der Waals surface area contributed by atoms with Crippen LogP contribution in [0.4, 0.5) is 0 Å². The molecule has 0 aliphatic heterocycles. The first-order chi connectivity index (χ1) is 11.6. The molecule has 0 heterocycles. The maximum absolute atomic E-state index is 12.2. The standard InChI is InChI=1S/C19H22N2O3/c1-5-14-6-8-15(9-7-14)19(22)21-20-13(2)17-11-10-16(23-3)12-18(17)24-4/h6-12H,5H2,1-4H3,(H,21,22)/b20-13-. The summed E-state index contributed by atoms with van der Waals surface area (Å²) in [4.78, 5) is 12.2. The molecule has 1 N–H and O–H groups in total. The van der Waals surface area contributed by atoms with Gasteiger partial charge in [-0.25, -0.2) is 5.43 Å². The van der Waals surface area contributed by atoms with Crippen molar-refractivity contribution in [3.8, 4) is 11.5 Å². The van der Waals surface area contributed by atoms with Crippen molar-refractivity contribution in [1.82, 2.24) is 5.43 Å². The van der Waals surface area contributed by atoms with Crippen LogP contribution in [-0.2, 0) is 6.42 Å². The van der Waals surface area contributed by atoms with Crippen molar-refractivity contribution in [1.29, 1.82) is 0 Å². The Bertz CT molecular complexity index is 737. The second kappa shape index (κ2) is 8.15. The molecule has 0 unspecified atom stereocenters. The quantitative estimate of drug-likeness (QED) is 0.653. The highest BCUT2D eigenvalue weighted by Gasteiger charge is 2.09. The summed E-state index contributed by atoms with van der Waals surface area (Å²) in [5.41, 5.74) is 5.78. The van der Waals surface area contributed by atoms with E-state index in [1.807, 2.05) is 31.2 Å². The van der Waals surface area contributed by atoms with E-state index in [2.05, 4.69) is 17.5 Å². The van der Waals surface area contributed by atoms with Crippen LogP contribution < -0.4 is 14.9 Å². The average molecular weight is 326 g/mol. The van der Waals surface area contributed by atoms with Crippen molar-refractivity contribution in [2.45, 2.75) is 20.3 Å². The van der Waals surface area contributed by atoms with E-state index >= 15 is 0 Å². The van der Waals surface area contributed by atoms with Gasteiger partial charge in [-0.15, -0.1) is 0 Å². The summed E-state index contributed by atoms with van der Waals surface area (Å²) in [5, 5.41) is 4.17. The molecule has 24 heavy (non-hydrogen) atoms. The predicted molar refractivity (Wildman–Crippen MR) is 95.0 cm³/mol. The van der Waals surface area contributed by atoms with Gasteiger partial charge in [-0.3, -0.25) is 4.79 Å². The predicted octanol–water partition coefficient (Wildman–Crippen LogP) is 3.42. The molecule has 2 rings (SSSR count). The van der Waals surface area contributed by atoms with Gasteiger partial charge in [-0.2, -0.15) is 5.10 Å². The number of nitrogens with one attached hydrogen (secondary N) is 1. The van der Waals surface area contributed by atoms with E-state index in [-0.39, 0.29) is 5.91 Å². The van der Waals surface area contributed by atoms with Gasteiger partial charge >= 0.3 is 0 Å². The van der Waals surface area contributed by atoms with Gasteiger partial charge in [0.2, 0.25) is 0 Å². The van der Waals surface area contributed by atoms with Crippen molar-refractivity contribution >= 4 is 11.6 Å². The molecular weight excluding hydrogens is 304 g/mol. The number of methoxy groups -OCH3 is 2. The van der Waals surface area contributed by atoms with Crippen LogP contribution in [0.25, 0.3) is 0 Å². The molecule has 5 nitrogen and oxygen atoms in total. The Labute approximate surface area is 142 Å². The van der Waals surface area contributed by atoms with Crippen molar-refractivity contribution < 1.29 is 14.3 Å². The molecule has 126 valence electrons. The SMILES string of the molecule is CCc1ccc(C(=O)N/N=C(/C)c2ccc(OC)cc2OC)cc1. The molecule has 0 saturated heterocycles. The number of aryl methyl sites for hydroxylation is 1. The second-order valence-electron chi connectivity index (χ2n) is 5.25. The molecule has 0 spiro atoms. The van der Waals surface area contributed by atoms with Crippen molar-refractivity contribution in [2.75, 3.05) is 14.2 Å². The molecule has 5 heteroatoms. The fourth-order valence-electron chi connectivity index (χ4n) is 2.25. The molecule has 2 aromatic carbocycles. The number of ether oxygens (including phenoxy) is 2. The Kier molecular flexibility index (Phi) is 5.95. The average Bonchev–Trinajstić information content (AvgIpc) is 2.65. The van der Waals surface area contributed by atoms with Gasteiger partial charge in [0, 0.05) is 17.2 Å². The van der Waals surface area contributed by atoms with Gasteiger partial charge in [0.1, 0.15) is 11.5 Å². The van der Waals surface area contributed by atoms with Crippen molar-refractivity contribution in [2.24, 2.45) is 5.10 Å². The first-order valence-corrected chi connectivity index (χ1v) is 7.75. The van der Waals surface area contributed by atoms with Crippen LogP contribution in [0.5, 0.6) is 11.5 Å². The van der Waals surface area contributed by atoms with Gasteiger partial charge in [0.15, 0.2) is 0 Å². The lowest BCUT2D eigenvalue weighted by Gasteiger charge is -2.10. The van der Waals surface area contributed by atoms with Crippen LogP contribution in [0.15, 0.2) is 47.6 Å². The number of amides is 1. The summed E-state index contributed by atoms with van der Waals surface area (Å²) in [5.74, 6) is 1.09. The van der Waals surface area contributed by atoms with Crippen LogP contribution in [-0.4, -0.2) is 25.8 Å². The Hall–Kier alpha value is -2.82. The van der Waals surface area contributed by atoms with E-state index in [0.29, 0.717) is 22.8 Å². The molecule has 0 radical (unpaired) electrons. The largest absolute Gasteiger partial charge is 0.497 e. The minimum atomic E-state index is -0.246. The van der Waals surface area contributed by atoms with E-state index in [9.17, 15) is 4.79 Å². The summed E-state index contributed by atoms with van der Waals surface area (Å²) in [6.45, 7) is 3.88. The topological polar surface area (TPSA) is 59.9 Å². The number of hydrogen-bond donors (Lipinski definition) is 1. The highest BCUT2D eigenvalue weighted by molar-refractivity contribution is 6.02. The molecule has 0 saturated carbocycles. The van der Waals surface area contributed by atoms with Crippen LogP contribution in [0.3, 0.4) is 0 Å². The van der Waals surface area contributed by atoms with E-state index in [1.54, 1.807) is 32.4 Å². The Balaban J connectivity index is 2.14. The Morgan fingerprint density at radius 1 is 1.08 bits per heavy atom. The van der Waals surface area contributed by atoms with E-state index in [0.717, 1.165) is 12.0 Å². The first kappa shape index (κ1) is 17.5. The Morgan fingerprint density at radius 2 is 1.79 bits per heavy atom. The number of carbonyl (C=O) groups excluding carboxylic acids is 1. The molecule has 0 bridgehead atoms. The van der Waals surface area contributed by atoms with E-state index in [1.165, 1.54) is 5.56 Å². The normalized spacial score (nSPS) is 11.1. The number of carbonyl (C=O) groups is 1. The number of benzene rings is 2. The van der Waals surface area contributed by atoms with E-state index in [4.69, 9.17) is 9.47 Å². The second-order valence-corrected chi connectivity index (χ2v) is 5.25. The van der Waals surface area contributed by atoms with Gasteiger partial charge in [0.05, 0.1) is 19.9 Å². The number of hydrazone groups is 1. The molecule has 0 atom stereocenters. The summed E-state index contributed by atoms with van der Waals surface area (Å²) < 4.78 is 10.5. The van der Waals surface area contributed by atoms with Crippen LogP contribution in [0.2, 0.25) is 0 Å². The lowest BCUT2D eigenvalue weighted by molar-refractivity contribution is 0.0955. The molecule has 0 aliphatic rings. The minimum absolute atomic E-state index is 0.246. The lowest BCUT2D eigenvalue weighted by Crippen LogP contribution is -2.19. The van der Waals surface area contributed by atoms with Crippen molar-refractivity contribution in [3.05, 3.63) is 59.2 Å². The van der Waals surface area contributed by atoms with Gasteiger partial charge in [-0.1, -0.05) is 19.1 Å². The lowest BCUT2D eigenvalue weighted by atomic mass is 10.1. The molecule has 2 aromatic rings. The maximum Gasteiger partial charge on any atom is 0.271 e. The molecular formula is C19H22N2O3. The van der Waals surface area contributed by atoms with Crippen LogP contribution in [0.1, 0.15) is 35.3 Å². The smallest absolute Gasteiger partial charge is 0.271 e. The van der Waals surface area contributed by atoms with Gasteiger partial charge in [-0.05, 0) is 43.2 Å². The van der Waals surface area contributed by atoms with Crippen molar-refractivity contribution in [3.63, 3.8) is 0 Å². The monoisotopic (exact) mass is 326 g/mol. The third-order valence-corrected chi connectivity index (χ3v) is 3.75. The molecule has 1 amide bonds. The third kappa shape index (κ3) is 4.13. The molecule has 0 aliphatic carbocycles. The van der Waals surface area contributed by atoms with Gasteiger partial charge in [0.25, 0.3) is 5.91 Å².